The van der Waals surface area contributed by atoms with Crippen LogP contribution in [0.3, 0.4) is 0 Å². The first-order valence-corrected chi connectivity index (χ1v) is 7.59. The molecule has 2 aromatic rings. The van der Waals surface area contributed by atoms with Crippen LogP contribution >= 0.6 is 0 Å². The van der Waals surface area contributed by atoms with E-state index in [0.717, 1.165) is 24.3 Å². The van der Waals surface area contributed by atoms with Crippen molar-refractivity contribution < 1.29 is 14.2 Å². The topological polar surface area (TPSA) is 45.5 Å². The highest BCUT2D eigenvalue weighted by Crippen LogP contribution is 2.41. The Labute approximate surface area is 130 Å². The fraction of sp³-hybridized carbons (Fsp3) is 0.471. The van der Waals surface area contributed by atoms with E-state index in [4.69, 9.17) is 14.2 Å². The van der Waals surface area contributed by atoms with E-state index in [1.165, 1.54) is 0 Å². The fourth-order valence-electron chi connectivity index (χ4n) is 2.76. The van der Waals surface area contributed by atoms with Gasteiger partial charge in [0.15, 0.2) is 5.79 Å². The Morgan fingerprint density at radius 1 is 1.18 bits per heavy atom. The maximum absolute atomic E-state index is 6.22. The van der Waals surface area contributed by atoms with Crippen molar-refractivity contribution in [1.29, 1.82) is 0 Å². The van der Waals surface area contributed by atoms with E-state index in [-0.39, 0.29) is 12.2 Å². The fourth-order valence-corrected chi connectivity index (χ4v) is 2.76. The molecule has 3 rings (SSSR count). The van der Waals surface area contributed by atoms with E-state index in [0.29, 0.717) is 0 Å². The van der Waals surface area contributed by atoms with E-state index in [2.05, 4.69) is 4.98 Å². The van der Waals surface area contributed by atoms with E-state index in [1.54, 1.807) is 13.3 Å². The second kappa shape index (κ2) is 6.10. The summed E-state index contributed by atoms with van der Waals surface area (Å²) in [6.07, 6.45) is 6.38. The third-order valence-corrected chi connectivity index (χ3v) is 4.20. The predicted octanol–water partition coefficient (Wildman–Crippen LogP) is 2.96. The number of nitrogens with zero attached hydrogens (tertiary/aromatic N) is 2. The molecule has 1 aromatic heterocycles. The first-order chi connectivity index (χ1) is 10.6. The van der Waals surface area contributed by atoms with Gasteiger partial charge in [0.05, 0.1) is 25.6 Å². The van der Waals surface area contributed by atoms with Gasteiger partial charge in [-0.15, -0.1) is 0 Å². The zero-order valence-electron chi connectivity index (χ0n) is 13.2. The Balaban J connectivity index is 1.85. The molecular weight excluding hydrogens is 280 g/mol. The summed E-state index contributed by atoms with van der Waals surface area (Å²) in [7, 11) is 1.66. The SMILES string of the molecule is COc1ccc(C2(CCn3ccnc3)OC(C)C(C)O2)cc1. The molecule has 5 heteroatoms. The van der Waals surface area contributed by atoms with Crippen molar-refractivity contribution in [2.45, 2.75) is 44.8 Å². The van der Waals surface area contributed by atoms with Gasteiger partial charge in [0, 0.05) is 30.9 Å². The van der Waals surface area contributed by atoms with Crippen molar-refractivity contribution in [3.63, 3.8) is 0 Å². The lowest BCUT2D eigenvalue weighted by Crippen LogP contribution is -2.29. The average Bonchev–Trinajstić information content (AvgIpc) is 3.15. The zero-order valence-corrected chi connectivity index (χ0v) is 13.2. The summed E-state index contributed by atoms with van der Waals surface area (Å²) in [5, 5.41) is 0. The molecule has 2 heterocycles. The van der Waals surface area contributed by atoms with Gasteiger partial charge in [0.1, 0.15) is 5.75 Å². The quantitative estimate of drug-likeness (QED) is 0.852. The smallest absolute Gasteiger partial charge is 0.197 e. The molecule has 2 unspecified atom stereocenters. The van der Waals surface area contributed by atoms with Gasteiger partial charge in [0.2, 0.25) is 0 Å². The molecule has 1 aromatic carbocycles. The van der Waals surface area contributed by atoms with Gasteiger partial charge in [-0.1, -0.05) is 0 Å². The molecule has 22 heavy (non-hydrogen) atoms. The van der Waals surface area contributed by atoms with Gasteiger partial charge < -0.3 is 18.8 Å². The van der Waals surface area contributed by atoms with Crippen LogP contribution in [0.25, 0.3) is 0 Å². The van der Waals surface area contributed by atoms with Crippen LogP contribution in [0.4, 0.5) is 0 Å². The highest BCUT2D eigenvalue weighted by atomic mass is 16.8. The lowest BCUT2D eigenvalue weighted by atomic mass is 10.0. The lowest BCUT2D eigenvalue weighted by molar-refractivity contribution is -0.188. The monoisotopic (exact) mass is 302 g/mol. The van der Waals surface area contributed by atoms with Crippen molar-refractivity contribution in [3.05, 3.63) is 48.5 Å². The maximum Gasteiger partial charge on any atom is 0.197 e. The summed E-state index contributed by atoms with van der Waals surface area (Å²) in [6, 6.07) is 7.90. The first-order valence-electron chi connectivity index (χ1n) is 7.59. The predicted molar refractivity (Wildman–Crippen MR) is 82.6 cm³/mol. The summed E-state index contributed by atoms with van der Waals surface area (Å²) in [5.41, 5.74) is 1.02. The molecule has 0 N–H and O–H groups in total. The Morgan fingerprint density at radius 3 is 2.41 bits per heavy atom. The molecule has 2 atom stereocenters. The maximum atomic E-state index is 6.22. The molecule has 1 aliphatic rings. The van der Waals surface area contributed by atoms with Crippen LogP contribution in [0.5, 0.6) is 5.75 Å². The third kappa shape index (κ3) is 2.87. The third-order valence-electron chi connectivity index (χ3n) is 4.20. The second-order valence-electron chi connectivity index (χ2n) is 5.68. The largest absolute Gasteiger partial charge is 0.497 e. The molecule has 0 saturated carbocycles. The van der Waals surface area contributed by atoms with Crippen LogP contribution in [-0.2, 0) is 21.8 Å². The van der Waals surface area contributed by atoms with Crippen LogP contribution < -0.4 is 4.74 Å². The number of hydrogen-bond acceptors (Lipinski definition) is 4. The molecule has 5 nitrogen and oxygen atoms in total. The van der Waals surface area contributed by atoms with Crippen molar-refractivity contribution in [1.82, 2.24) is 9.55 Å². The second-order valence-corrected chi connectivity index (χ2v) is 5.68. The number of methoxy groups -OCH3 is 1. The summed E-state index contributed by atoms with van der Waals surface area (Å²) >= 11 is 0. The number of aromatic nitrogens is 2. The molecule has 1 saturated heterocycles. The Morgan fingerprint density at radius 2 is 1.86 bits per heavy atom. The highest BCUT2D eigenvalue weighted by Gasteiger charge is 2.45. The van der Waals surface area contributed by atoms with E-state index >= 15 is 0 Å². The zero-order chi connectivity index (χ0) is 15.6. The van der Waals surface area contributed by atoms with E-state index in [9.17, 15) is 0 Å². The number of imidazole rings is 1. The summed E-state index contributed by atoms with van der Waals surface area (Å²) in [6.45, 7) is 4.88. The van der Waals surface area contributed by atoms with Crippen molar-refractivity contribution in [2.24, 2.45) is 0 Å². The van der Waals surface area contributed by atoms with Gasteiger partial charge in [0.25, 0.3) is 0 Å². The normalized spacial score (nSPS) is 28.0. The lowest BCUT2D eigenvalue weighted by Gasteiger charge is -2.29. The van der Waals surface area contributed by atoms with Crippen LogP contribution in [0.2, 0.25) is 0 Å². The summed E-state index contributed by atoms with van der Waals surface area (Å²) in [5.74, 6) is 0.114. The van der Waals surface area contributed by atoms with Crippen LogP contribution in [0.15, 0.2) is 43.0 Å². The van der Waals surface area contributed by atoms with Gasteiger partial charge >= 0.3 is 0 Å². The van der Waals surface area contributed by atoms with Crippen LogP contribution in [-0.4, -0.2) is 28.9 Å². The number of benzene rings is 1. The molecule has 0 spiro atoms. The standard InChI is InChI=1S/C17H22N2O3/c1-13-14(2)22-17(21-13,8-10-19-11-9-18-12-19)15-4-6-16(20-3)7-5-15/h4-7,9,11-14H,8,10H2,1-3H3. The van der Waals surface area contributed by atoms with E-state index < -0.39 is 5.79 Å². The molecule has 1 fully saturated rings. The molecular formula is C17H22N2O3. The van der Waals surface area contributed by atoms with Gasteiger partial charge in [-0.3, -0.25) is 0 Å². The summed E-state index contributed by atoms with van der Waals surface area (Å²) in [4.78, 5) is 4.08. The number of hydrogen-bond donors (Lipinski definition) is 0. The van der Waals surface area contributed by atoms with Crippen molar-refractivity contribution in [2.75, 3.05) is 7.11 Å². The molecule has 118 valence electrons. The Hall–Kier alpha value is -1.85. The number of aryl methyl sites for hydroxylation is 1. The van der Waals surface area contributed by atoms with Gasteiger partial charge in [-0.2, -0.15) is 0 Å². The molecule has 0 aliphatic carbocycles. The van der Waals surface area contributed by atoms with E-state index in [1.807, 2.05) is 55.2 Å². The average molecular weight is 302 g/mol. The molecule has 1 aliphatic heterocycles. The minimum absolute atomic E-state index is 0.0601. The van der Waals surface area contributed by atoms with Crippen molar-refractivity contribution in [3.8, 4) is 5.75 Å². The van der Waals surface area contributed by atoms with Crippen molar-refractivity contribution >= 4 is 0 Å². The highest BCUT2D eigenvalue weighted by molar-refractivity contribution is 5.30. The molecule has 0 bridgehead atoms. The molecule has 0 amide bonds. The van der Waals surface area contributed by atoms with Gasteiger partial charge in [-0.25, -0.2) is 4.98 Å². The Kier molecular flexibility index (Phi) is 4.18. The van der Waals surface area contributed by atoms with Crippen LogP contribution in [0.1, 0.15) is 25.8 Å². The first kappa shape index (κ1) is 15.1. The minimum atomic E-state index is -0.713. The Bertz CT molecular complexity index is 585. The molecule has 0 radical (unpaired) electrons. The number of ether oxygens (including phenoxy) is 3. The van der Waals surface area contributed by atoms with Crippen LogP contribution in [0, 0.1) is 0 Å². The number of rotatable bonds is 5. The summed E-state index contributed by atoms with van der Waals surface area (Å²) < 4.78 is 19.7. The minimum Gasteiger partial charge on any atom is -0.497 e. The van der Waals surface area contributed by atoms with Gasteiger partial charge in [-0.05, 0) is 38.1 Å².